The summed E-state index contributed by atoms with van der Waals surface area (Å²) < 4.78 is 6.17. The molecule has 2 N–H and O–H groups in total. The minimum atomic E-state index is -0.177. The number of nitrogens with two attached hydrogens (primary N) is 1. The molecule has 2 nitrogen and oxygen atoms in total. The summed E-state index contributed by atoms with van der Waals surface area (Å²) in [6.07, 6.45) is 0. The molecule has 4 heteroatoms. The second kappa shape index (κ2) is 5.44. The quantitative estimate of drug-likeness (QED) is 0.767. The molecule has 1 heterocycles. The van der Waals surface area contributed by atoms with Crippen LogP contribution in [-0.4, -0.2) is 7.11 Å². The number of rotatable bonds is 3. The minimum Gasteiger partial charge on any atom is -0.496 e. The number of benzene rings is 2. The largest absolute Gasteiger partial charge is 0.496 e. The Kier molecular flexibility index (Phi) is 3.66. The topological polar surface area (TPSA) is 35.2 Å². The van der Waals surface area contributed by atoms with Gasteiger partial charge in [-0.1, -0.05) is 41.9 Å². The van der Waals surface area contributed by atoms with E-state index < -0.39 is 0 Å². The van der Waals surface area contributed by atoms with Crippen LogP contribution in [0.3, 0.4) is 0 Å². The van der Waals surface area contributed by atoms with Crippen molar-refractivity contribution >= 4 is 33.7 Å². The molecule has 0 radical (unpaired) electrons. The van der Waals surface area contributed by atoms with Crippen LogP contribution in [-0.2, 0) is 0 Å². The Hall–Kier alpha value is -1.55. The molecule has 0 spiro atoms. The van der Waals surface area contributed by atoms with Crippen LogP contribution in [0.15, 0.2) is 48.5 Å². The van der Waals surface area contributed by atoms with Gasteiger partial charge in [0.25, 0.3) is 0 Å². The third-order valence-electron chi connectivity index (χ3n) is 3.37. The summed E-state index contributed by atoms with van der Waals surface area (Å²) in [5, 5.41) is 2.19. The third kappa shape index (κ3) is 2.29. The van der Waals surface area contributed by atoms with Crippen LogP contribution in [0.4, 0.5) is 0 Å². The molecule has 0 amide bonds. The van der Waals surface area contributed by atoms with Crippen molar-refractivity contribution in [3.05, 3.63) is 63.3 Å². The maximum absolute atomic E-state index is 6.40. The van der Waals surface area contributed by atoms with Crippen LogP contribution in [0.25, 0.3) is 10.8 Å². The van der Waals surface area contributed by atoms with Crippen molar-refractivity contribution in [2.45, 2.75) is 6.04 Å². The zero-order valence-electron chi connectivity index (χ0n) is 11.0. The molecule has 1 unspecified atom stereocenters. The van der Waals surface area contributed by atoms with Crippen molar-refractivity contribution < 1.29 is 4.74 Å². The van der Waals surface area contributed by atoms with Crippen LogP contribution < -0.4 is 10.5 Å². The summed E-state index contributed by atoms with van der Waals surface area (Å²) in [6.45, 7) is 0. The van der Waals surface area contributed by atoms with E-state index in [4.69, 9.17) is 22.1 Å². The number of ether oxygens (including phenoxy) is 1. The predicted molar refractivity (Wildman–Crippen MR) is 85.9 cm³/mol. The van der Waals surface area contributed by atoms with Crippen LogP contribution in [0.5, 0.6) is 5.75 Å². The van der Waals surface area contributed by atoms with E-state index >= 15 is 0 Å². The molecule has 0 aliphatic heterocycles. The first-order valence-electron chi connectivity index (χ1n) is 6.27. The van der Waals surface area contributed by atoms with E-state index in [0.29, 0.717) is 0 Å². The second-order valence-electron chi connectivity index (χ2n) is 4.52. The molecule has 20 heavy (non-hydrogen) atoms. The van der Waals surface area contributed by atoms with E-state index in [2.05, 4.69) is 6.07 Å². The summed E-state index contributed by atoms with van der Waals surface area (Å²) in [6, 6.07) is 15.8. The van der Waals surface area contributed by atoms with Gasteiger partial charge < -0.3 is 10.5 Å². The molecule has 1 atom stereocenters. The normalized spacial score (nSPS) is 12.6. The maximum atomic E-state index is 6.40. The van der Waals surface area contributed by atoms with E-state index in [1.165, 1.54) is 11.3 Å². The summed E-state index contributed by atoms with van der Waals surface area (Å²) in [5.41, 5.74) is 7.48. The van der Waals surface area contributed by atoms with Crippen LogP contribution in [0.1, 0.15) is 16.5 Å². The third-order valence-corrected chi connectivity index (χ3v) is 4.69. The van der Waals surface area contributed by atoms with Gasteiger partial charge in [0.2, 0.25) is 0 Å². The summed E-state index contributed by atoms with van der Waals surface area (Å²) >= 11 is 7.52. The molecule has 3 aromatic rings. The van der Waals surface area contributed by atoms with Crippen molar-refractivity contribution in [2.24, 2.45) is 5.73 Å². The second-order valence-corrected chi connectivity index (χ2v) is 6.27. The maximum Gasteiger partial charge on any atom is 0.126 e. The van der Waals surface area contributed by atoms with E-state index in [-0.39, 0.29) is 6.04 Å². The number of thiophene rings is 1. The molecule has 0 fully saturated rings. The monoisotopic (exact) mass is 303 g/mol. The van der Waals surface area contributed by atoms with Gasteiger partial charge in [-0.2, -0.15) is 0 Å². The van der Waals surface area contributed by atoms with Crippen molar-refractivity contribution in [3.8, 4) is 5.75 Å². The highest BCUT2D eigenvalue weighted by Gasteiger charge is 2.15. The molecule has 1 aromatic heterocycles. The van der Waals surface area contributed by atoms with Gasteiger partial charge in [-0.05, 0) is 29.1 Å². The molecular formula is C16H14ClNOS. The fourth-order valence-corrected chi connectivity index (χ4v) is 3.47. The standard InChI is InChI=1S/C16H14ClNOS/c1-19-13-7-6-12(10-4-2-3-5-11(10)13)16(18)14-8-9-15(17)20-14/h2-9,16H,18H2,1H3. The van der Waals surface area contributed by atoms with Gasteiger partial charge in [0.1, 0.15) is 5.75 Å². The molecule has 0 saturated heterocycles. The molecule has 0 bridgehead atoms. The zero-order valence-corrected chi connectivity index (χ0v) is 12.5. The van der Waals surface area contributed by atoms with Gasteiger partial charge >= 0.3 is 0 Å². The van der Waals surface area contributed by atoms with Gasteiger partial charge in [-0.15, -0.1) is 11.3 Å². The average Bonchev–Trinajstić information content (AvgIpc) is 2.92. The Labute approximate surface area is 126 Å². The number of halogens is 1. The predicted octanol–water partition coefficient (Wildman–Crippen LogP) is 4.61. The van der Waals surface area contributed by atoms with E-state index in [1.807, 2.05) is 42.5 Å². The summed E-state index contributed by atoms with van der Waals surface area (Å²) in [4.78, 5) is 1.06. The van der Waals surface area contributed by atoms with Crippen LogP contribution in [0.2, 0.25) is 4.34 Å². The summed E-state index contributed by atoms with van der Waals surface area (Å²) in [7, 11) is 1.68. The van der Waals surface area contributed by atoms with Gasteiger partial charge in [0, 0.05) is 10.3 Å². The van der Waals surface area contributed by atoms with E-state index in [1.54, 1.807) is 7.11 Å². The van der Waals surface area contributed by atoms with Crippen molar-refractivity contribution in [3.63, 3.8) is 0 Å². The number of fused-ring (bicyclic) bond motifs is 1. The Morgan fingerprint density at radius 1 is 1.05 bits per heavy atom. The first-order valence-corrected chi connectivity index (χ1v) is 7.46. The molecule has 0 aliphatic rings. The average molecular weight is 304 g/mol. The van der Waals surface area contributed by atoms with Gasteiger partial charge in [0.15, 0.2) is 0 Å². The van der Waals surface area contributed by atoms with Gasteiger partial charge in [-0.25, -0.2) is 0 Å². The van der Waals surface area contributed by atoms with Crippen molar-refractivity contribution in [1.82, 2.24) is 0 Å². The Morgan fingerprint density at radius 3 is 2.45 bits per heavy atom. The summed E-state index contributed by atoms with van der Waals surface area (Å²) in [5.74, 6) is 0.862. The van der Waals surface area contributed by atoms with E-state index in [0.717, 1.165) is 31.3 Å². The molecule has 2 aromatic carbocycles. The lowest BCUT2D eigenvalue weighted by Crippen LogP contribution is -2.10. The molecule has 3 rings (SSSR count). The lowest BCUT2D eigenvalue weighted by atomic mass is 9.97. The Morgan fingerprint density at radius 2 is 1.80 bits per heavy atom. The minimum absolute atomic E-state index is 0.177. The van der Waals surface area contributed by atoms with Crippen LogP contribution >= 0.6 is 22.9 Å². The fourth-order valence-electron chi connectivity index (χ4n) is 2.39. The van der Waals surface area contributed by atoms with Gasteiger partial charge in [-0.3, -0.25) is 0 Å². The van der Waals surface area contributed by atoms with Gasteiger partial charge in [0.05, 0.1) is 17.5 Å². The Bertz CT molecular complexity index is 753. The SMILES string of the molecule is COc1ccc(C(N)c2ccc(Cl)s2)c2ccccc12. The lowest BCUT2D eigenvalue weighted by Gasteiger charge is -2.15. The lowest BCUT2D eigenvalue weighted by molar-refractivity contribution is 0.419. The highest BCUT2D eigenvalue weighted by atomic mass is 35.5. The molecule has 0 saturated carbocycles. The zero-order chi connectivity index (χ0) is 14.1. The van der Waals surface area contributed by atoms with Crippen molar-refractivity contribution in [1.29, 1.82) is 0 Å². The highest BCUT2D eigenvalue weighted by molar-refractivity contribution is 7.16. The number of hydrogen-bond donors (Lipinski definition) is 1. The van der Waals surface area contributed by atoms with Crippen LogP contribution in [0, 0.1) is 0 Å². The smallest absolute Gasteiger partial charge is 0.126 e. The number of methoxy groups -OCH3 is 1. The Balaban J connectivity index is 2.17. The van der Waals surface area contributed by atoms with E-state index in [9.17, 15) is 0 Å². The highest BCUT2D eigenvalue weighted by Crippen LogP contribution is 2.35. The molecule has 102 valence electrons. The molecular weight excluding hydrogens is 290 g/mol. The fraction of sp³-hybridized carbons (Fsp3) is 0.125. The first-order chi connectivity index (χ1) is 9.70. The van der Waals surface area contributed by atoms with Crippen molar-refractivity contribution in [2.75, 3.05) is 7.11 Å². The number of hydrogen-bond acceptors (Lipinski definition) is 3. The first kappa shape index (κ1) is 13.4. The molecule has 0 aliphatic carbocycles.